The summed E-state index contributed by atoms with van der Waals surface area (Å²) in [6, 6.07) is 31.9. The van der Waals surface area contributed by atoms with Gasteiger partial charge in [-0.15, -0.1) is 0 Å². The van der Waals surface area contributed by atoms with E-state index in [-0.39, 0.29) is 29.9 Å². The van der Waals surface area contributed by atoms with Crippen LogP contribution in [0.5, 0.6) is 11.5 Å². The second-order valence-electron chi connectivity index (χ2n) is 15.1. The van der Waals surface area contributed by atoms with E-state index in [1.807, 2.05) is 24.3 Å². The van der Waals surface area contributed by atoms with Crippen molar-refractivity contribution in [2.75, 3.05) is 44.2 Å². The lowest BCUT2D eigenvalue weighted by Gasteiger charge is -2.29. The molecule has 4 aliphatic heterocycles. The molecule has 9 heteroatoms. The van der Waals surface area contributed by atoms with Crippen LogP contribution in [0.2, 0.25) is 0 Å². The first kappa shape index (κ1) is 35.6. The summed E-state index contributed by atoms with van der Waals surface area (Å²) in [5.41, 5.74) is 8.58. The molecular weight excluding hydrogens is 677 g/mol. The van der Waals surface area contributed by atoms with E-state index >= 15 is 0 Å². The number of hydrogen-bond acceptors (Lipinski definition) is 7. The Bertz CT molecular complexity index is 2030. The van der Waals surface area contributed by atoms with Crippen LogP contribution in [0.3, 0.4) is 0 Å². The number of nitrogens with one attached hydrogen (secondary N) is 1. The molecule has 8 rings (SSSR count). The normalized spacial score (nSPS) is 21.6. The lowest BCUT2D eigenvalue weighted by atomic mass is 9.88. The number of allylic oxidation sites excluding steroid dienone is 1. The predicted octanol–water partition coefficient (Wildman–Crippen LogP) is 6.75. The molecule has 3 atom stereocenters. The summed E-state index contributed by atoms with van der Waals surface area (Å²) in [4.78, 5) is 43.9. The third-order valence-electron chi connectivity index (χ3n) is 11.6. The van der Waals surface area contributed by atoms with Crippen LogP contribution in [0.1, 0.15) is 71.6 Å². The van der Waals surface area contributed by atoms with Crippen molar-refractivity contribution in [1.29, 1.82) is 0 Å². The van der Waals surface area contributed by atoms with Gasteiger partial charge < -0.3 is 24.5 Å². The minimum atomic E-state index is -0.588. The van der Waals surface area contributed by atoms with Gasteiger partial charge in [0.25, 0.3) is 5.91 Å². The van der Waals surface area contributed by atoms with E-state index in [0.717, 1.165) is 85.7 Å². The van der Waals surface area contributed by atoms with Crippen molar-refractivity contribution in [2.45, 2.75) is 51.6 Å². The van der Waals surface area contributed by atoms with Gasteiger partial charge in [0, 0.05) is 50.4 Å². The second kappa shape index (κ2) is 15.5. The average Bonchev–Trinajstić information content (AvgIpc) is 3.86. The molecule has 0 bridgehead atoms. The fraction of sp³-hybridized carbons (Fsp3) is 0.356. The predicted molar refractivity (Wildman–Crippen MR) is 210 cm³/mol. The maximum atomic E-state index is 13.1. The Kier molecular flexibility index (Phi) is 10.2. The first-order chi connectivity index (χ1) is 26.3. The minimum absolute atomic E-state index is 0.124. The van der Waals surface area contributed by atoms with Crippen LogP contribution in [-0.2, 0) is 16.1 Å². The number of rotatable bonds is 12. The Morgan fingerprint density at radius 2 is 1.52 bits per heavy atom. The van der Waals surface area contributed by atoms with Crippen LogP contribution < -0.4 is 15.0 Å². The molecule has 3 unspecified atom stereocenters. The topological polar surface area (TPSA) is 102 Å². The van der Waals surface area contributed by atoms with Crippen LogP contribution in [-0.4, -0.2) is 78.0 Å². The number of carbonyl (C=O) groups is 3. The van der Waals surface area contributed by atoms with Crippen molar-refractivity contribution in [3.05, 3.63) is 125 Å². The van der Waals surface area contributed by atoms with Gasteiger partial charge in [-0.3, -0.25) is 19.7 Å². The summed E-state index contributed by atoms with van der Waals surface area (Å²) in [5, 5.41) is 12.3. The average molecular weight is 725 g/mol. The van der Waals surface area contributed by atoms with Crippen LogP contribution in [0.4, 0.5) is 5.69 Å². The molecule has 0 spiro atoms. The molecule has 0 saturated carbocycles. The number of phenolic OH excluding ortho intramolecular Hbond substituents is 1. The molecule has 0 aromatic heterocycles. The molecule has 9 nitrogen and oxygen atoms in total. The van der Waals surface area contributed by atoms with Gasteiger partial charge >= 0.3 is 0 Å². The number of nitrogens with zero attached hydrogens (tertiary/aromatic N) is 3. The molecular formula is C45H48N4O5. The van der Waals surface area contributed by atoms with E-state index in [4.69, 9.17) is 4.74 Å². The van der Waals surface area contributed by atoms with E-state index in [1.165, 1.54) is 11.1 Å². The summed E-state index contributed by atoms with van der Waals surface area (Å²) >= 11 is 0. The van der Waals surface area contributed by atoms with Crippen molar-refractivity contribution in [3.8, 4) is 11.5 Å². The number of aromatic hydroxyl groups is 1. The number of unbranched alkanes of at least 4 members (excludes halogenated alkanes) is 1. The number of imide groups is 1. The number of phenols is 1. The van der Waals surface area contributed by atoms with E-state index in [0.29, 0.717) is 37.0 Å². The van der Waals surface area contributed by atoms with Crippen LogP contribution in [0.25, 0.3) is 11.1 Å². The summed E-state index contributed by atoms with van der Waals surface area (Å²) in [7, 11) is 0. The maximum absolute atomic E-state index is 13.1. The molecule has 3 amide bonds. The summed E-state index contributed by atoms with van der Waals surface area (Å²) < 4.78 is 6.19. The van der Waals surface area contributed by atoms with Crippen LogP contribution >= 0.6 is 0 Å². The molecule has 0 radical (unpaired) electrons. The number of piperidine rings is 1. The largest absolute Gasteiger partial charge is 0.508 e. The van der Waals surface area contributed by atoms with E-state index in [1.54, 1.807) is 17.0 Å². The zero-order valence-corrected chi connectivity index (χ0v) is 30.9. The number of ether oxygens (including phenoxy) is 1. The Labute approximate surface area is 317 Å². The molecule has 4 aromatic carbocycles. The Hall–Kier alpha value is -5.41. The smallest absolute Gasteiger partial charge is 0.255 e. The third-order valence-corrected chi connectivity index (χ3v) is 11.6. The fourth-order valence-corrected chi connectivity index (χ4v) is 8.89. The number of hydrogen-bond donors (Lipinski definition) is 2. The van der Waals surface area contributed by atoms with E-state index < -0.39 is 6.04 Å². The summed E-state index contributed by atoms with van der Waals surface area (Å²) in [5.74, 6) is 1.62. The molecule has 0 aliphatic carbocycles. The number of carbonyl (C=O) groups excluding carboxylic acids is 3. The zero-order chi connectivity index (χ0) is 37.2. The third kappa shape index (κ3) is 7.37. The minimum Gasteiger partial charge on any atom is -0.508 e. The van der Waals surface area contributed by atoms with Crippen molar-refractivity contribution < 1.29 is 24.2 Å². The molecule has 54 heavy (non-hydrogen) atoms. The van der Waals surface area contributed by atoms with Gasteiger partial charge in [-0.2, -0.15) is 0 Å². The van der Waals surface area contributed by atoms with Gasteiger partial charge in [-0.05, 0) is 120 Å². The molecule has 4 aromatic rings. The summed E-state index contributed by atoms with van der Waals surface area (Å²) in [6.45, 7) is 8.59. The molecule has 3 fully saturated rings. The van der Waals surface area contributed by atoms with Crippen molar-refractivity contribution in [2.24, 2.45) is 11.8 Å². The van der Waals surface area contributed by atoms with Crippen molar-refractivity contribution >= 4 is 34.6 Å². The van der Waals surface area contributed by atoms with E-state index in [2.05, 4.69) is 82.7 Å². The highest BCUT2D eigenvalue weighted by molar-refractivity contribution is 6.05. The number of benzene rings is 4. The second-order valence-corrected chi connectivity index (χ2v) is 15.1. The number of fused-ring (bicyclic) bond motifs is 2. The number of amides is 3. The molecule has 4 heterocycles. The van der Waals surface area contributed by atoms with Gasteiger partial charge in [0.2, 0.25) is 11.8 Å². The highest BCUT2D eigenvalue weighted by Crippen LogP contribution is 2.38. The maximum Gasteiger partial charge on any atom is 0.255 e. The highest BCUT2D eigenvalue weighted by atomic mass is 16.5. The highest BCUT2D eigenvalue weighted by Gasteiger charge is 2.42. The van der Waals surface area contributed by atoms with Gasteiger partial charge in [-0.25, -0.2) is 0 Å². The fourth-order valence-electron chi connectivity index (χ4n) is 8.89. The van der Waals surface area contributed by atoms with Crippen molar-refractivity contribution in [1.82, 2.24) is 15.1 Å². The van der Waals surface area contributed by atoms with Gasteiger partial charge in [0.15, 0.2) is 0 Å². The van der Waals surface area contributed by atoms with Gasteiger partial charge in [-0.1, -0.05) is 61.5 Å². The first-order valence-corrected chi connectivity index (χ1v) is 19.4. The standard InChI is InChI=1S/C45H48N4O5/c1-2-39(30-8-4-3-5-9-30)43(31-10-15-37(50)16-11-31)32-12-17-38(18-13-32)54-23-7-6-22-47-25-34-27-48(28-35(34)26-47)36-14-19-40-33(24-36)29-49(45(40)53)41-20-21-42(51)46-44(41)52/h3-5,8-19,24,34-35,41,50H,2,6-7,20-23,25-29H2,1H3,(H,46,51,52)/b43-39-. The molecule has 278 valence electrons. The molecule has 2 N–H and O–H groups in total. The Morgan fingerprint density at radius 1 is 0.815 bits per heavy atom. The lowest BCUT2D eigenvalue weighted by molar-refractivity contribution is -0.136. The zero-order valence-electron chi connectivity index (χ0n) is 30.9. The van der Waals surface area contributed by atoms with Crippen LogP contribution in [0, 0.1) is 11.8 Å². The SMILES string of the molecule is CC/C(=C(\c1ccc(O)cc1)c1ccc(OCCCCN2CC3CN(c4ccc5c(c4)CN(C4CCC(=O)NC4=O)C5=O)CC3C2)cc1)c1ccccc1. The number of likely N-dealkylation sites (tertiary alicyclic amines) is 1. The summed E-state index contributed by atoms with van der Waals surface area (Å²) in [6.07, 6.45) is 3.60. The van der Waals surface area contributed by atoms with E-state index in [9.17, 15) is 19.5 Å². The lowest BCUT2D eigenvalue weighted by Crippen LogP contribution is -2.52. The van der Waals surface area contributed by atoms with Gasteiger partial charge in [0.05, 0.1) is 6.61 Å². The van der Waals surface area contributed by atoms with Gasteiger partial charge in [0.1, 0.15) is 17.5 Å². The molecule has 3 saturated heterocycles. The monoisotopic (exact) mass is 724 g/mol. The Balaban J connectivity index is 0.804. The van der Waals surface area contributed by atoms with Crippen molar-refractivity contribution in [3.63, 3.8) is 0 Å². The quantitative estimate of drug-likeness (QED) is 0.0948. The molecule has 4 aliphatic rings. The first-order valence-electron chi connectivity index (χ1n) is 19.4. The Morgan fingerprint density at radius 3 is 2.20 bits per heavy atom. The number of anilines is 1. The van der Waals surface area contributed by atoms with Crippen LogP contribution in [0.15, 0.2) is 97.1 Å².